The Hall–Kier alpha value is -1.66. The van der Waals surface area contributed by atoms with Crippen molar-refractivity contribution in [3.63, 3.8) is 0 Å². The highest BCUT2D eigenvalue weighted by atomic mass is 16.5. The van der Waals surface area contributed by atoms with Crippen LogP contribution in [-0.4, -0.2) is 68.3 Å². The maximum Gasteiger partial charge on any atom is 0.257 e. The van der Waals surface area contributed by atoms with E-state index >= 15 is 0 Å². The summed E-state index contributed by atoms with van der Waals surface area (Å²) in [7, 11) is 0. The number of amides is 1. The predicted molar refractivity (Wildman–Crippen MR) is 94.4 cm³/mol. The molecule has 3 heterocycles. The second-order valence-electron chi connectivity index (χ2n) is 6.52. The molecular weight excluding hydrogens is 304 g/mol. The molecule has 2 aliphatic rings. The van der Waals surface area contributed by atoms with Crippen molar-refractivity contribution in [3.8, 4) is 0 Å². The van der Waals surface area contributed by atoms with Crippen molar-refractivity contribution < 1.29 is 9.53 Å². The number of aromatic nitrogens is 1. The molecule has 1 amide bonds. The smallest absolute Gasteiger partial charge is 0.257 e. The fourth-order valence-corrected chi connectivity index (χ4v) is 3.45. The molecule has 0 aromatic carbocycles. The Kier molecular flexibility index (Phi) is 6.04. The number of ether oxygens (including phenoxy) is 1. The summed E-state index contributed by atoms with van der Waals surface area (Å²) in [5, 5.41) is 3.41. The summed E-state index contributed by atoms with van der Waals surface area (Å²) < 4.78 is 5.41. The first kappa shape index (κ1) is 17.2. The maximum absolute atomic E-state index is 13.0. The highest BCUT2D eigenvalue weighted by Crippen LogP contribution is 2.23. The third-order valence-electron chi connectivity index (χ3n) is 4.91. The van der Waals surface area contributed by atoms with Gasteiger partial charge in [0.05, 0.1) is 18.8 Å². The zero-order valence-electron chi connectivity index (χ0n) is 14.5. The van der Waals surface area contributed by atoms with Gasteiger partial charge in [0.25, 0.3) is 5.91 Å². The summed E-state index contributed by atoms with van der Waals surface area (Å²) in [6.07, 6.45) is 3.92. The van der Waals surface area contributed by atoms with Gasteiger partial charge in [-0.15, -0.1) is 0 Å². The Morgan fingerprint density at radius 1 is 1.29 bits per heavy atom. The lowest BCUT2D eigenvalue weighted by Crippen LogP contribution is -2.42. The Morgan fingerprint density at radius 2 is 2.04 bits per heavy atom. The molecule has 3 rings (SSSR count). The molecule has 0 bridgehead atoms. The van der Waals surface area contributed by atoms with Crippen LogP contribution >= 0.6 is 0 Å². The summed E-state index contributed by atoms with van der Waals surface area (Å²) in [5.74, 6) is 1.61. The fraction of sp³-hybridized carbons (Fsp3) is 0.667. The van der Waals surface area contributed by atoms with Crippen molar-refractivity contribution in [2.45, 2.75) is 19.8 Å². The normalized spacial score (nSPS) is 19.5. The van der Waals surface area contributed by atoms with Crippen LogP contribution in [0.3, 0.4) is 0 Å². The second-order valence-corrected chi connectivity index (χ2v) is 6.52. The first-order valence-corrected chi connectivity index (χ1v) is 9.07. The van der Waals surface area contributed by atoms with E-state index in [-0.39, 0.29) is 5.91 Å². The monoisotopic (exact) mass is 332 g/mol. The molecule has 0 aliphatic carbocycles. The highest BCUT2D eigenvalue weighted by Gasteiger charge is 2.27. The molecule has 0 saturated carbocycles. The number of morpholine rings is 1. The Labute approximate surface area is 144 Å². The first-order chi connectivity index (χ1) is 11.8. The van der Waals surface area contributed by atoms with E-state index in [9.17, 15) is 4.79 Å². The third-order valence-corrected chi connectivity index (χ3v) is 4.91. The van der Waals surface area contributed by atoms with Gasteiger partial charge in [0.15, 0.2) is 0 Å². The van der Waals surface area contributed by atoms with Crippen molar-refractivity contribution in [1.82, 2.24) is 15.2 Å². The van der Waals surface area contributed by atoms with E-state index in [1.54, 1.807) is 6.20 Å². The molecule has 1 aromatic rings. The van der Waals surface area contributed by atoms with E-state index in [1.165, 1.54) is 0 Å². The Bertz CT molecular complexity index is 538. The van der Waals surface area contributed by atoms with Crippen LogP contribution in [0.2, 0.25) is 0 Å². The number of pyridine rings is 1. The van der Waals surface area contributed by atoms with Crippen LogP contribution in [0.1, 0.15) is 30.1 Å². The van der Waals surface area contributed by atoms with Gasteiger partial charge in [0, 0.05) is 32.4 Å². The predicted octanol–water partition coefficient (Wildman–Crippen LogP) is 1.38. The molecule has 2 fully saturated rings. The van der Waals surface area contributed by atoms with E-state index in [2.05, 4.69) is 22.1 Å². The van der Waals surface area contributed by atoms with Crippen molar-refractivity contribution in [3.05, 3.63) is 23.9 Å². The minimum atomic E-state index is 0.117. The summed E-state index contributed by atoms with van der Waals surface area (Å²) in [4.78, 5) is 21.6. The van der Waals surface area contributed by atoms with Gasteiger partial charge in [-0.05, 0) is 44.0 Å². The van der Waals surface area contributed by atoms with Gasteiger partial charge in [-0.3, -0.25) is 4.79 Å². The summed E-state index contributed by atoms with van der Waals surface area (Å²) in [6.45, 7) is 8.86. The van der Waals surface area contributed by atoms with Crippen LogP contribution in [0.5, 0.6) is 0 Å². The van der Waals surface area contributed by atoms with Crippen molar-refractivity contribution in [2.24, 2.45) is 5.92 Å². The van der Waals surface area contributed by atoms with Crippen molar-refractivity contribution in [2.75, 3.05) is 57.4 Å². The number of hydrogen-bond donors (Lipinski definition) is 1. The largest absolute Gasteiger partial charge is 0.378 e. The Morgan fingerprint density at radius 3 is 2.75 bits per heavy atom. The summed E-state index contributed by atoms with van der Waals surface area (Å²) in [6, 6.07) is 3.76. The molecule has 6 nitrogen and oxygen atoms in total. The van der Waals surface area contributed by atoms with Crippen LogP contribution in [0.4, 0.5) is 5.82 Å². The minimum Gasteiger partial charge on any atom is -0.378 e. The number of rotatable bonds is 5. The van der Waals surface area contributed by atoms with Gasteiger partial charge in [-0.2, -0.15) is 0 Å². The van der Waals surface area contributed by atoms with Crippen molar-refractivity contribution in [1.29, 1.82) is 0 Å². The standard InChI is InChI=1S/C18H28N4O2/c1-2-19-14-15-5-8-22(9-6-15)18(23)16-4-3-7-20-17(16)21-10-12-24-13-11-21/h3-4,7,15,19H,2,5-6,8-14H2,1H3. The van der Waals surface area contributed by atoms with E-state index < -0.39 is 0 Å². The van der Waals surface area contributed by atoms with Crippen LogP contribution in [0.15, 0.2) is 18.3 Å². The van der Waals surface area contributed by atoms with Gasteiger partial charge in [0.2, 0.25) is 0 Å². The van der Waals surface area contributed by atoms with Gasteiger partial charge >= 0.3 is 0 Å². The van der Waals surface area contributed by atoms with E-state index in [0.717, 1.165) is 63.5 Å². The maximum atomic E-state index is 13.0. The number of nitrogens with one attached hydrogen (secondary N) is 1. The average molecular weight is 332 g/mol. The number of nitrogens with zero attached hydrogens (tertiary/aromatic N) is 3. The molecule has 0 spiro atoms. The number of likely N-dealkylation sites (tertiary alicyclic amines) is 1. The minimum absolute atomic E-state index is 0.117. The van der Waals surface area contributed by atoms with Crippen molar-refractivity contribution >= 4 is 11.7 Å². The van der Waals surface area contributed by atoms with E-state index in [0.29, 0.717) is 19.1 Å². The van der Waals surface area contributed by atoms with Gasteiger partial charge in [-0.1, -0.05) is 6.92 Å². The zero-order valence-corrected chi connectivity index (χ0v) is 14.5. The van der Waals surface area contributed by atoms with Crippen LogP contribution in [0, 0.1) is 5.92 Å². The molecule has 132 valence electrons. The molecule has 2 saturated heterocycles. The third kappa shape index (κ3) is 4.05. The Balaban J connectivity index is 1.65. The number of piperidine rings is 1. The molecule has 6 heteroatoms. The summed E-state index contributed by atoms with van der Waals surface area (Å²) in [5.41, 5.74) is 0.726. The lowest BCUT2D eigenvalue weighted by atomic mass is 9.96. The molecule has 1 N–H and O–H groups in total. The molecule has 24 heavy (non-hydrogen) atoms. The molecular formula is C18H28N4O2. The summed E-state index contributed by atoms with van der Waals surface area (Å²) >= 11 is 0. The van der Waals surface area contributed by atoms with Gasteiger partial charge in [-0.25, -0.2) is 4.98 Å². The molecule has 1 aromatic heterocycles. The lowest BCUT2D eigenvalue weighted by Gasteiger charge is -2.34. The van der Waals surface area contributed by atoms with Gasteiger partial charge < -0.3 is 19.9 Å². The van der Waals surface area contributed by atoms with E-state index in [4.69, 9.17) is 4.74 Å². The fourth-order valence-electron chi connectivity index (χ4n) is 3.45. The topological polar surface area (TPSA) is 57.7 Å². The molecule has 0 radical (unpaired) electrons. The van der Waals surface area contributed by atoms with Crippen LogP contribution < -0.4 is 10.2 Å². The number of carbonyl (C=O) groups excluding carboxylic acids is 1. The first-order valence-electron chi connectivity index (χ1n) is 9.07. The SMILES string of the molecule is CCNCC1CCN(C(=O)c2cccnc2N2CCOCC2)CC1. The number of carbonyl (C=O) groups is 1. The highest BCUT2D eigenvalue weighted by molar-refractivity contribution is 5.99. The number of anilines is 1. The second kappa shape index (κ2) is 8.44. The van der Waals surface area contributed by atoms with E-state index in [1.807, 2.05) is 17.0 Å². The lowest BCUT2D eigenvalue weighted by molar-refractivity contribution is 0.0689. The molecule has 2 aliphatic heterocycles. The average Bonchev–Trinajstić information content (AvgIpc) is 2.67. The zero-order chi connectivity index (χ0) is 16.8. The van der Waals surface area contributed by atoms with Gasteiger partial charge in [0.1, 0.15) is 5.82 Å². The quantitative estimate of drug-likeness (QED) is 0.883. The number of hydrogen-bond acceptors (Lipinski definition) is 5. The molecule has 0 atom stereocenters. The molecule has 0 unspecified atom stereocenters. The van der Waals surface area contributed by atoms with Crippen LogP contribution in [-0.2, 0) is 4.74 Å². The van der Waals surface area contributed by atoms with Crippen LogP contribution in [0.25, 0.3) is 0 Å².